The lowest BCUT2D eigenvalue weighted by Crippen LogP contribution is -2.31. The number of alkyl halides is 3. The van der Waals surface area contributed by atoms with Gasteiger partial charge in [0, 0.05) is 12.1 Å². The molecule has 0 radical (unpaired) electrons. The molecule has 2 amide bonds. The van der Waals surface area contributed by atoms with Crippen LogP contribution in [0.5, 0.6) is 0 Å². The summed E-state index contributed by atoms with van der Waals surface area (Å²) in [6.45, 7) is 0.373. The number of carbonyl (C=O) groups excluding carboxylic acids is 2. The van der Waals surface area contributed by atoms with E-state index < -0.39 is 30.0 Å². The second kappa shape index (κ2) is 9.51. The first-order chi connectivity index (χ1) is 12.9. The van der Waals surface area contributed by atoms with E-state index in [1.54, 1.807) is 0 Å². The Morgan fingerprint density at radius 1 is 0.963 bits per heavy atom. The Morgan fingerprint density at radius 3 is 2.33 bits per heavy atom. The van der Waals surface area contributed by atoms with Crippen molar-refractivity contribution in [3.8, 4) is 0 Å². The number of hydrogen-bond donors (Lipinski definition) is 2. The predicted octanol–water partition coefficient (Wildman–Crippen LogP) is 2.90. The lowest BCUT2D eigenvalue weighted by atomic mass is 10.1. The molecule has 0 aliphatic carbocycles. The molecule has 0 unspecified atom stereocenters. The van der Waals surface area contributed by atoms with E-state index in [0.717, 1.165) is 17.8 Å². The molecule has 0 bridgehead atoms. The van der Waals surface area contributed by atoms with Gasteiger partial charge >= 0.3 is 6.18 Å². The predicted molar refractivity (Wildman–Crippen MR) is 95.0 cm³/mol. The molecule has 0 saturated carbocycles. The molecular formula is C19H18F3N3O2. The standard InChI is InChI=1S/C19H18F3N3O2/c20-19(21,22)16-9-5-4-8-15(16)13-24-25-18(27)12-17(26)23-11-10-14-6-2-1-3-7-14/h1-9,13H,10-12H2,(H,23,26)(H,25,27)/b24-13+. The maximum atomic E-state index is 12.8. The number of amides is 2. The lowest BCUT2D eigenvalue weighted by Gasteiger charge is -2.09. The third kappa shape index (κ3) is 6.93. The minimum absolute atomic E-state index is 0.183. The van der Waals surface area contributed by atoms with Crippen LogP contribution in [-0.4, -0.2) is 24.6 Å². The highest BCUT2D eigenvalue weighted by molar-refractivity contribution is 5.97. The summed E-state index contributed by atoms with van der Waals surface area (Å²) in [4.78, 5) is 23.3. The Kier molecular flexibility index (Phi) is 7.10. The Bertz CT molecular complexity index is 805. The van der Waals surface area contributed by atoms with Gasteiger partial charge in [-0.1, -0.05) is 48.5 Å². The van der Waals surface area contributed by atoms with Gasteiger partial charge in [0.2, 0.25) is 11.8 Å². The third-order valence-corrected chi connectivity index (χ3v) is 3.56. The SMILES string of the molecule is O=C(CC(=O)N/N=C/c1ccccc1C(F)(F)F)NCCc1ccccc1. The highest BCUT2D eigenvalue weighted by atomic mass is 19.4. The van der Waals surface area contributed by atoms with Gasteiger partial charge in [0.1, 0.15) is 6.42 Å². The molecule has 5 nitrogen and oxygen atoms in total. The van der Waals surface area contributed by atoms with Gasteiger partial charge in [-0.3, -0.25) is 9.59 Å². The molecule has 0 saturated heterocycles. The molecule has 0 aliphatic rings. The first-order valence-corrected chi connectivity index (χ1v) is 8.15. The topological polar surface area (TPSA) is 70.6 Å². The van der Waals surface area contributed by atoms with Gasteiger partial charge in [-0.25, -0.2) is 5.43 Å². The van der Waals surface area contributed by atoms with Crippen LogP contribution in [0.25, 0.3) is 0 Å². The quantitative estimate of drug-likeness (QED) is 0.443. The molecule has 0 heterocycles. The van der Waals surface area contributed by atoms with Gasteiger partial charge in [-0.2, -0.15) is 18.3 Å². The molecule has 0 spiro atoms. The summed E-state index contributed by atoms with van der Waals surface area (Å²) < 4.78 is 38.5. The van der Waals surface area contributed by atoms with E-state index in [4.69, 9.17) is 0 Å². The summed E-state index contributed by atoms with van der Waals surface area (Å²) in [5.74, 6) is -1.21. The van der Waals surface area contributed by atoms with Crippen LogP contribution in [0, 0.1) is 0 Å². The van der Waals surface area contributed by atoms with Gasteiger partial charge in [-0.05, 0) is 18.1 Å². The van der Waals surface area contributed by atoms with Gasteiger partial charge < -0.3 is 5.32 Å². The Labute approximate surface area is 154 Å². The number of benzene rings is 2. The van der Waals surface area contributed by atoms with Gasteiger partial charge in [0.15, 0.2) is 0 Å². The summed E-state index contributed by atoms with van der Waals surface area (Å²) in [6, 6.07) is 14.4. The van der Waals surface area contributed by atoms with Crippen LogP contribution >= 0.6 is 0 Å². The van der Waals surface area contributed by atoms with Crippen molar-refractivity contribution in [2.45, 2.75) is 19.0 Å². The molecular weight excluding hydrogens is 359 g/mol. The average Bonchev–Trinajstić information content (AvgIpc) is 2.62. The zero-order valence-corrected chi connectivity index (χ0v) is 14.3. The molecule has 142 valence electrons. The molecule has 0 fully saturated rings. The van der Waals surface area contributed by atoms with Crippen molar-refractivity contribution in [1.29, 1.82) is 0 Å². The summed E-state index contributed by atoms with van der Waals surface area (Å²) in [5.41, 5.74) is 2.06. The molecule has 2 N–H and O–H groups in total. The fraction of sp³-hybridized carbons (Fsp3) is 0.211. The van der Waals surface area contributed by atoms with Crippen LogP contribution in [-0.2, 0) is 22.2 Å². The van der Waals surface area contributed by atoms with Crippen LogP contribution in [0.4, 0.5) is 13.2 Å². The molecule has 2 aromatic carbocycles. The van der Waals surface area contributed by atoms with E-state index >= 15 is 0 Å². The zero-order chi connectivity index (χ0) is 19.7. The van der Waals surface area contributed by atoms with E-state index in [9.17, 15) is 22.8 Å². The Morgan fingerprint density at radius 2 is 1.63 bits per heavy atom. The highest BCUT2D eigenvalue weighted by Crippen LogP contribution is 2.30. The normalized spacial score (nSPS) is 11.4. The number of nitrogens with zero attached hydrogens (tertiary/aromatic N) is 1. The zero-order valence-electron chi connectivity index (χ0n) is 14.3. The van der Waals surface area contributed by atoms with Crippen LogP contribution in [0.3, 0.4) is 0 Å². The summed E-state index contributed by atoms with van der Waals surface area (Å²) in [6.07, 6.45) is -3.47. The fourth-order valence-corrected chi connectivity index (χ4v) is 2.28. The van der Waals surface area contributed by atoms with Gasteiger partial charge in [0.25, 0.3) is 0 Å². The summed E-state index contributed by atoms with van der Waals surface area (Å²) >= 11 is 0. The number of nitrogens with one attached hydrogen (secondary N) is 2. The lowest BCUT2D eigenvalue weighted by molar-refractivity contribution is -0.137. The largest absolute Gasteiger partial charge is 0.417 e. The van der Waals surface area contributed by atoms with Crippen molar-refractivity contribution in [3.63, 3.8) is 0 Å². The number of halogens is 3. The molecule has 27 heavy (non-hydrogen) atoms. The maximum absolute atomic E-state index is 12.8. The van der Waals surface area contributed by atoms with Crippen molar-refractivity contribution in [3.05, 3.63) is 71.3 Å². The van der Waals surface area contributed by atoms with Crippen LogP contribution in [0.1, 0.15) is 23.1 Å². The van der Waals surface area contributed by atoms with Crippen LogP contribution < -0.4 is 10.7 Å². The number of hydrogen-bond acceptors (Lipinski definition) is 3. The van der Waals surface area contributed by atoms with E-state index in [0.29, 0.717) is 13.0 Å². The minimum Gasteiger partial charge on any atom is -0.355 e. The molecule has 2 aromatic rings. The first kappa shape index (κ1) is 20.2. The third-order valence-electron chi connectivity index (χ3n) is 3.56. The Balaban J connectivity index is 1.77. The molecule has 0 atom stereocenters. The van der Waals surface area contributed by atoms with E-state index in [-0.39, 0.29) is 5.56 Å². The highest BCUT2D eigenvalue weighted by Gasteiger charge is 2.32. The van der Waals surface area contributed by atoms with Crippen molar-refractivity contribution in [1.82, 2.24) is 10.7 Å². The van der Waals surface area contributed by atoms with Crippen molar-refractivity contribution in [2.24, 2.45) is 5.10 Å². The monoisotopic (exact) mass is 377 g/mol. The van der Waals surface area contributed by atoms with E-state index in [1.165, 1.54) is 18.2 Å². The van der Waals surface area contributed by atoms with E-state index in [2.05, 4.69) is 15.8 Å². The van der Waals surface area contributed by atoms with Gasteiger partial charge in [-0.15, -0.1) is 0 Å². The number of hydrazone groups is 1. The number of carbonyl (C=O) groups is 2. The first-order valence-electron chi connectivity index (χ1n) is 8.15. The van der Waals surface area contributed by atoms with Crippen molar-refractivity contribution < 1.29 is 22.8 Å². The van der Waals surface area contributed by atoms with Crippen LogP contribution in [0.15, 0.2) is 59.7 Å². The Hall–Kier alpha value is -3.16. The van der Waals surface area contributed by atoms with E-state index in [1.807, 2.05) is 30.3 Å². The second-order valence-corrected chi connectivity index (χ2v) is 5.64. The van der Waals surface area contributed by atoms with Crippen molar-refractivity contribution in [2.75, 3.05) is 6.54 Å². The van der Waals surface area contributed by atoms with Crippen LogP contribution in [0.2, 0.25) is 0 Å². The molecule has 0 aliphatic heterocycles. The average molecular weight is 377 g/mol. The molecule has 2 rings (SSSR count). The number of rotatable bonds is 7. The summed E-state index contributed by atoms with van der Waals surface area (Å²) in [7, 11) is 0. The summed E-state index contributed by atoms with van der Waals surface area (Å²) in [5, 5.41) is 6.09. The van der Waals surface area contributed by atoms with Gasteiger partial charge in [0.05, 0.1) is 11.8 Å². The molecule has 0 aromatic heterocycles. The van der Waals surface area contributed by atoms with Crippen molar-refractivity contribution >= 4 is 18.0 Å². The molecule has 8 heteroatoms. The maximum Gasteiger partial charge on any atom is 0.417 e. The smallest absolute Gasteiger partial charge is 0.355 e. The fourth-order valence-electron chi connectivity index (χ4n) is 2.28. The minimum atomic E-state index is -4.52. The second-order valence-electron chi connectivity index (χ2n) is 5.64.